The molecule has 4 aromatic carbocycles. The molecule has 0 unspecified atom stereocenters. The van der Waals surface area contributed by atoms with E-state index in [4.69, 9.17) is 4.74 Å². The molecule has 6 heteroatoms. The molecule has 0 N–H and O–H groups in total. The van der Waals surface area contributed by atoms with Gasteiger partial charge in [-0.2, -0.15) is 5.26 Å². The predicted molar refractivity (Wildman–Crippen MR) is 134 cm³/mol. The minimum atomic E-state index is -0.460. The number of benzene rings is 4. The second-order valence-corrected chi connectivity index (χ2v) is 8.30. The maximum atomic E-state index is 10.8. The van der Waals surface area contributed by atoms with Crippen molar-refractivity contribution in [2.45, 2.75) is 6.61 Å². The number of halogens is 1. The van der Waals surface area contributed by atoms with Gasteiger partial charge in [0, 0.05) is 12.1 Å². The van der Waals surface area contributed by atoms with E-state index >= 15 is 0 Å². The first-order valence-electron chi connectivity index (χ1n) is 9.80. The van der Waals surface area contributed by atoms with E-state index in [1.165, 1.54) is 22.9 Å². The zero-order valence-electron chi connectivity index (χ0n) is 16.9. The molecule has 4 aromatic rings. The number of ether oxygens (including phenoxy) is 1. The molecule has 0 heterocycles. The van der Waals surface area contributed by atoms with Gasteiger partial charge in [-0.25, -0.2) is 0 Å². The quantitative estimate of drug-likeness (QED) is 0.0882. The summed E-state index contributed by atoms with van der Waals surface area (Å²) >= 11 is 2.22. The Morgan fingerprint density at radius 3 is 2.44 bits per heavy atom. The van der Waals surface area contributed by atoms with Gasteiger partial charge >= 0.3 is 0 Å². The van der Waals surface area contributed by atoms with Crippen molar-refractivity contribution in [3.05, 3.63) is 115 Å². The molecule has 0 aromatic heterocycles. The fourth-order valence-electron chi connectivity index (χ4n) is 3.32. The number of non-ortho nitro benzene ring substituents is 1. The summed E-state index contributed by atoms with van der Waals surface area (Å²) in [6.07, 6.45) is 1.76. The SMILES string of the molecule is N#C/C(=C/c1ccc(OCc2ccc3ccccc3c2)c(I)c1)c1ccc([N+](=O)[O-])cc1. The van der Waals surface area contributed by atoms with Gasteiger partial charge in [0.05, 0.1) is 20.1 Å². The lowest BCUT2D eigenvalue weighted by Gasteiger charge is -2.10. The summed E-state index contributed by atoms with van der Waals surface area (Å²) in [5.41, 5.74) is 2.99. The van der Waals surface area contributed by atoms with Gasteiger partial charge in [0.25, 0.3) is 5.69 Å². The lowest BCUT2D eigenvalue weighted by molar-refractivity contribution is -0.384. The maximum Gasteiger partial charge on any atom is 0.269 e. The van der Waals surface area contributed by atoms with Crippen LogP contribution in [0, 0.1) is 25.0 Å². The van der Waals surface area contributed by atoms with E-state index in [0.29, 0.717) is 17.7 Å². The molecule has 0 amide bonds. The molecule has 0 aliphatic carbocycles. The second kappa shape index (κ2) is 9.62. The van der Waals surface area contributed by atoms with Gasteiger partial charge in [-0.15, -0.1) is 0 Å². The summed E-state index contributed by atoms with van der Waals surface area (Å²) < 4.78 is 6.95. The number of hydrogen-bond donors (Lipinski definition) is 0. The topological polar surface area (TPSA) is 76.2 Å². The van der Waals surface area contributed by atoms with Crippen LogP contribution >= 0.6 is 22.6 Å². The van der Waals surface area contributed by atoms with Crippen LogP contribution in [0.25, 0.3) is 22.4 Å². The molecular weight excluding hydrogens is 515 g/mol. The first kappa shape index (κ1) is 21.5. The molecule has 32 heavy (non-hydrogen) atoms. The molecule has 0 aliphatic rings. The summed E-state index contributed by atoms with van der Waals surface area (Å²) in [7, 11) is 0. The van der Waals surface area contributed by atoms with Crippen LogP contribution < -0.4 is 4.74 Å². The number of rotatable bonds is 6. The highest BCUT2D eigenvalue weighted by molar-refractivity contribution is 14.1. The maximum absolute atomic E-state index is 10.8. The highest BCUT2D eigenvalue weighted by Gasteiger charge is 2.08. The van der Waals surface area contributed by atoms with Gasteiger partial charge in [-0.1, -0.05) is 42.5 Å². The van der Waals surface area contributed by atoms with E-state index in [2.05, 4.69) is 59.0 Å². The van der Waals surface area contributed by atoms with Crippen molar-refractivity contribution >= 4 is 50.7 Å². The molecule has 0 radical (unpaired) electrons. The van der Waals surface area contributed by atoms with Crippen molar-refractivity contribution in [3.63, 3.8) is 0 Å². The van der Waals surface area contributed by atoms with Crippen LogP contribution in [0.2, 0.25) is 0 Å². The van der Waals surface area contributed by atoms with Crippen LogP contribution in [-0.4, -0.2) is 4.92 Å². The van der Waals surface area contributed by atoms with E-state index in [1.54, 1.807) is 18.2 Å². The highest BCUT2D eigenvalue weighted by atomic mass is 127. The summed E-state index contributed by atoms with van der Waals surface area (Å²) in [5.74, 6) is 0.768. The molecular formula is C26H17IN2O3. The first-order valence-corrected chi connectivity index (χ1v) is 10.9. The number of nitro benzene ring substituents is 1. The lowest BCUT2D eigenvalue weighted by atomic mass is 10.0. The summed E-state index contributed by atoms with van der Waals surface area (Å²) in [5, 5.41) is 22.8. The third-order valence-electron chi connectivity index (χ3n) is 4.98. The molecule has 0 saturated heterocycles. The van der Waals surface area contributed by atoms with E-state index in [1.807, 2.05) is 30.3 Å². The van der Waals surface area contributed by atoms with Gasteiger partial charge < -0.3 is 4.74 Å². The predicted octanol–water partition coefficient (Wildman–Crippen LogP) is 7.00. The van der Waals surface area contributed by atoms with Crippen LogP contribution in [0.1, 0.15) is 16.7 Å². The van der Waals surface area contributed by atoms with Crippen LogP contribution in [0.3, 0.4) is 0 Å². The third-order valence-corrected chi connectivity index (χ3v) is 5.83. The first-order chi connectivity index (χ1) is 15.5. The summed E-state index contributed by atoms with van der Waals surface area (Å²) in [4.78, 5) is 10.4. The number of nitrogens with zero attached hydrogens (tertiary/aromatic N) is 2. The average molecular weight is 532 g/mol. The number of nitro groups is 1. The summed E-state index contributed by atoms with van der Waals surface area (Å²) in [6, 6.07) is 28.3. The molecule has 0 atom stereocenters. The van der Waals surface area contributed by atoms with Crippen molar-refractivity contribution in [3.8, 4) is 11.8 Å². The minimum Gasteiger partial charge on any atom is -0.488 e. The third kappa shape index (κ3) is 4.95. The number of allylic oxidation sites excluding steroid dienone is 1. The Labute approximate surface area is 198 Å². The number of nitriles is 1. The number of fused-ring (bicyclic) bond motifs is 1. The van der Waals surface area contributed by atoms with Crippen molar-refractivity contribution in [1.29, 1.82) is 5.26 Å². The summed E-state index contributed by atoms with van der Waals surface area (Å²) in [6.45, 7) is 0.461. The Balaban J connectivity index is 1.50. The number of hydrogen-bond acceptors (Lipinski definition) is 4. The van der Waals surface area contributed by atoms with Gasteiger partial charge in [0.1, 0.15) is 12.4 Å². The Morgan fingerprint density at radius 2 is 1.75 bits per heavy atom. The largest absolute Gasteiger partial charge is 0.488 e. The zero-order valence-corrected chi connectivity index (χ0v) is 19.0. The van der Waals surface area contributed by atoms with Crippen molar-refractivity contribution in [1.82, 2.24) is 0 Å². The molecule has 0 aliphatic heterocycles. The lowest BCUT2D eigenvalue weighted by Crippen LogP contribution is -1.97. The van der Waals surface area contributed by atoms with Crippen LogP contribution in [-0.2, 0) is 6.61 Å². The van der Waals surface area contributed by atoms with E-state index in [0.717, 1.165) is 20.4 Å². The monoisotopic (exact) mass is 532 g/mol. The Kier molecular flexibility index (Phi) is 6.47. The Morgan fingerprint density at radius 1 is 1.00 bits per heavy atom. The van der Waals surface area contributed by atoms with E-state index in [9.17, 15) is 15.4 Å². The van der Waals surface area contributed by atoms with Crippen LogP contribution in [0.5, 0.6) is 5.75 Å². The highest BCUT2D eigenvalue weighted by Crippen LogP contribution is 2.27. The zero-order chi connectivity index (χ0) is 22.5. The van der Waals surface area contributed by atoms with Crippen LogP contribution in [0.15, 0.2) is 84.9 Å². The molecule has 0 spiro atoms. The normalized spacial score (nSPS) is 11.2. The van der Waals surface area contributed by atoms with E-state index < -0.39 is 4.92 Å². The van der Waals surface area contributed by atoms with Crippen molar-refractivity contribution < 1.29 is 9.66 Å². The van der Waals surface area contributed by atoms with Crippen LogP contribution in [0.4, 0.5) is 5.69 Å². The Hall–Kier alpha value is -3.70. The average Bonchev–Trinajstić information content (AvgIpc) is 2.82. The molecule has 0 saturated carbocycles. The molecule has 156 valence electrons. The fourth-order valence-corrected chi connectivity index (χ4v) is 4.02. The fraction of sp³-hybridized carbons (Fsp3) is 0.0385. The minimum absolute atomic E-state index is 0.00602. The molecule has 4 rings (SSSR count). The van der Waals surface area contributed by atoms with E-state index in [-0.39, 0.29) is 5.69 Å². The van der Waals surface area contributed by atoms with Gasteiger partial charge in [0.2, 0.25) is 0 Å². The van der Waals surface area contributed by atoms with Gasteiger partial charge in [-0.05, 0) is 86.5 Å². The smallest absolute Gasteiger partial charge is 0.269 e. The second-order valence-electron chi connectivity index (χ2n) is 7.13. The Bertz CT molecular complexity index is 1370. The standard InChI is InChI=1S/C26H17IN2O3/c27-25-15-18(13-23(16-28)21-8-10-24(11-9-21)29(30)31)6-12-26(25)32-17-19-5-7-20-3-1-2-4-22(20)14-19/h1-15H,17H2/b23-13-. The van der Waals surface area contributed by atoms with Gasteiger partial charge in [-0.3, -0.25) is 10.1 Å². The molecule has 5 nitrogen and oxygen atoms in total. The molecule has 0 bridgehead atoms. The van der Waals surface area contributed by atoms with Gasteiger partial charge in [0.15, 0.2) is 0 Å². The van der Waals surface area contributed by atoms with Crippen molar-refractivity contribution in [2.75, 3.05) is 0 Å². The molecule has 0 fully saturated rings. The van der Waals surface area contributed by atoms with Crippen molar-refractivity contribution in [2.24, 2.45) is 0 Å².